The number of anilines is 1. The fourth-order valence-corrected chi connectivity index (χ4v) is 3.85. The zero-order chi connectivity index (χ0) is 21.1. The second kappa shape index (κ2) is 8.62. The van der Waals surface area contributed by atoms with Crippen molar-refractivity contribution in [1.29, 1.82) is 0 Å². The number of nitrogens with two attached hydrogens (primary N) is 1. The van der Waals surface area contributed by atoms with E-state index in [1.165, 1.54) is 0 Å². The number of likely N-dealkylation sites (tertiary alicyclic amines) is 1. The molecule has 3 heterocycles. The van der Waals surface area contributed by atoms with Crippen molar-refractivity contribution < 1.29 is 9.53 Å². The van der Waals surface area contributed by atoms with Crippen molar-refractivity contribution in [2.24, 2.45) is 0 Å². The van der Waals surface area contributed by atoms with Gasteiger partial charge in [-0.15, -0.1) is 0 Å². The van der Waals surface area contributed by atoms with Gasteiger partial charge in [-0.2, -0.15) is 5.10 Å². The van der Waals surface area contributed by atoms with E-state index in [9.17, 15) is 4.79 Å². The number of methoxy groups -OCH3 is 1. The summed E-state index contributed by atoms with van der Waals surface area (Å²) in [4.78, 5) is 24.2. The molecule has 2 N–H and O–H groups in total. The molecule has 3 aromatic rings. The molecule has 30 heavy (non-hydrogen) atoms. The summed E-state index contributed by atoms with van der Waals surface area (Å²) in [6.07, 6.45) is 7.85. The number of carbonyl (C=O) groups excluding carboxylic acids is 1. The topological polar surface area (TPSA) is 99.2 Å². The summed E-state index contributed by atoms with van der Waals surface area (Å²) in [5.41, 5.74) is 8.56. The Labute approximate surface area is 175 Å². The molecule has 8 nitrogen and oxygen atoms in total. The Kier molecular flexibility index (Phi) is 5.76. The lowest BCUT2D eigenvalue weighted by atomic mass is 10.0. The highest BCUT2D eigenvalue weighted by molar-refractivity contribution is 6.03. The van der Waals surface area contributed by atoms with Crippen molar-refractivity contribution in [3.63, 3.8) is 0 Å². The zero-order valence-corrected chi connectivity index (χ0v) is 17.3. The lowest BCUT2D eigenvalue weighted by Crippen LogP contribution is -2.36. The van der Waals surface area contributed by atoms with Crippen molar-refractivity contribution in [1.82, 2.24) is 24.6 Å². The third-order valence-corrected chi connectivity index (χ3v) is 5.52. The molecule has 1 aliphatic rings. The molecule has 0 aliphatic carbocycles. The van der Waals surface area contributed by atoms with Crippen LogP contribution in [0.5, 0.6) is 5.75 Å². The predicted octanol–water partition coefficient (Wildman–Crippen LogP) is 2.66. The highest BCUT2D eigenvalue weighted by atomic mass is 16.5. The van der Waals surface area contributed by atoms with Crippen molar-refractivity contribution in [2.45, 2.75) is 38.8 Å². The van der Waals surface area contributed by atoms with Gasteiger partial charge in [-0.3, -0.25) is 9.69 Å². The number of benzene rings is 1. The SMILES string of the molecule is CCc1ncc(CN2CCC[C@@H]2C(=O)c2cnn(-c3ccc(OC)cc3)c2N)cn1. The van der Waals surface area contributed by atoms with Crippen molar-refractivity contribution in [3.05, 3.63) is 59.8 Å². The van der Waals surface area contributed by atoms with Gasteiger partial charge in [0.15, 0.2) is 5.78 Å². The van der Waals surface area contributed by atoms with Gasteiger partial charge in [0.1, 0.15) is 17.4 Å². The maximum atomic E-state index is 13.3. The van der Waals surface area contributed by atoms with E-state index in [2.05, 4.69) is 20.0 Å². The maximum absolute atomic E-state index is 13.3. The van der Waals surface area contributed by atoms with Gasteiger partial charge in [0, 0.05) is 30.9 Å². The molecular weight excluding hydrogens is 380 g/mol. The molecule has 1 aromatic carbocycles. The fourth-order valence-electron chi connectivity index (χ4n) is 3.85. The summed E-state index contributed by atoms with van der Waals surface area (Å²) in [7, 11) is 1.62. The quantitative estimate of drug-likeness (QED) is 0.602. The minimum absolute atomic E-state index is 0.0101. The number of rotatable bonds is 7. The monoisotopic (exact) mass is 406 g/mol. The van der Waals surface area contributed by atoms with Crippen LogP contribution in [-0.4, -0.2) is 50.1 Å². The normalized spacial score (nSPS) is 16.7. The van der Waals surface area contributed by atoms with E-state index in [0.717, 1.165) is 48.6 Å². The summed E-state index contributed by atoms with van der Waals surface area (Å²) in [5.74, 6) is 1.94. The van der Waals surface area contributed by atoms with Gasteiger partial charge in [-0.25, -0.2) is 14.6 Å². The molecule has 0 saturated carbocycles. The largest absolute Gasteiger partial charge is 0.497 e. The molecule has 0 radical (unpaired) electrons. The number of hydrogen-bond acceptors (Lipinski definition) is 7. The molecule has 1 aliphatic heterocycles. The molecule has 8 heteroatoms. The number of aromatic nitrogens is 4. The van der Waals surface area contributed by atoms with Crippen LogP contribution in [0, 0.1) is 0 Å². The highest BCUT2D eigenvalue weighted by Gasteiger charge is 2.33. The van der Waals surface area contributed by atoms with Crippen LogP contribution < -0.4 is 10.5 Å². The fraction of sp³-hybridized carbons (Fsp3) is 0.364. The first-order valence-corrected chi connectivity index (χ1v) is 10.2. The van der Waals surface area contributed by atoms with Gasteiger partial charge in [0.05, 0.1) is 30.6 Å². The molecule has 1 saturated heterocycles. The van der Waals surface area contributed by atoms with Crippen LogP contribution in [0.3, 0.4) is 0 Å². The van der Waals surface area contributed by atoms with Crippen molar-refractivity contribution in [2.75, 3.05) is 19.4 Å². The Morgan fingerprint density at radius 2 is 1.93 bits per heavy atom. The lowest BCUT2D eigenvalue weighted by Gasteiger charge is -2.23. The standard InChI is InChI=1S/C22H26N6O2/c1-3-20-24-11-15(12-25-20)14-27-10-4-5-19(27)21(29)18-13-26-28(22(18)23)16-6-8-17(30-2)9-7-16/h6-9,11-13,19H,3-5,10,14,23H2,1-2H3/t19-/m1/s1. The van der Waals surface area contributed by atoms with Gasteiger partial charge in [0.25, 0.3) is 0 Å². The Morgan fingerprint density at radius 1 is 1.20 bits per heavy atom. The summed E-state index contributed by atoms with van der Waals surface area (Å²) in [5, 5.41) is 4.35. The summed E-state index contributed by atoms with van der Waals surface area (Å²) < 4.78 is 6.78. The minimum atomic E-state index is -0.216. The molecule has 0 bridgehead atoms. The Balaban J connectivity index is 1.52. The van der Waals surface area contributed by atoms with E-state index in [0.29, 0.717) is 17.9 Å². The molecule has 4 rings (SSSR count). The van der Waals surface area contributed by atoms with Gasteiger partial charge < -0.3 is 10.5 Å². The van der Waals surface area contributed by atoms with E-state index in [1.54, 1.807) is 18.0 Å². The molecule has 0 unspecified atom stereocenters. The number of ether oxygens (including phenoxy) is 1. The molecular formula is C22H26N6O2. The number of nitrogens with zero attached hydrogens (tertiary/aromatic N) is 5. The first-order valence-electron chi connectivity index (χ1n) is 10.2. The lowest BCUT2D eigenvalue weighted by molar-refractivity contribution is 0.0863. The zero-order valence-electron chi connectivity index (χ0n) is 17.3. The summed E-state index contributed by atoms with van der Waals surface area (Å²) >= 11 is 0. The second-order valence-electron chi connectivity index (χ2n) is 7.41. The Hall–Kier alpha value is -3.26. The van der Waals surface area contributed by atoms with Crippen LogP contribution in [0.4, 0.5) is 5.82 Å². The van der Waals surface area contributed by atoms with Gasteiger partial charge >= 0.3 is 0 Å². The number of ketones is 1. The Bertz CT molecular complexity index is 1010. The molecule has 0 amide bonds. The minimum Gasteiger partial charge on any atom is -0.497 e. The van der Waals surface area contributed by atoms with Gasteiger partial charge in [-0.05, 0) is 43.7 Å². The number of hydrogen-bond donors (Lipinski definition) is 1. The van der Waals surface area contributed by atoms with Gasteiger partial charge in [0.2, 0.25) is 0 Å². The van der Waals surface area contributed by atoms with E-state index >= 15 is 0 Å². The van der Waals surface area contributed by atoms with Gasteiger partial charge in [-0.1, -0.05) is 6.92 Å². The van der Waals surface area contributed by atoms with Crippen LogP contribution in [0.2, 0.25) is 0 Å². The van der Waals surface area contributed by atoms with E-state index in [4.69, 9.17) is 10.5 Å². The molecule has 2 aromatic heterocycles. The molecule has 1 fully saturated rings. The average Bonchev–Trinajstić information content (AvgIpc) is 3.40. The number of aryl methyl sites for hydroxylation is 1. The molecule has 156 valence electrons. The Morgan fingerprint density at radius 3 is 2.60 bits per heavy atom. The third-order valence-electron chi connectivity index (χ3n) is 5.52. The van der Waals surface area contributed by atoms with Crippen LogP contribution in [0.25, 0.3) is 5.69 Å². The number of carbonyl (C=O) groups is 1. The first-order chi connectivity index (χ1) is 14.6. The smallest absolute Gasteiger partial charge is 0.185 e. The van der Waals surface area contributed by atoms with E-state index in [1.807, 2.05) is 43.6 Å². The number of nitrogen functional groups attached to an aromatic ring is 1. The van der Waals surface area contributed by atoms with Crippen molar-refractivity contribution >= 4 is 11.6 Å². The van der Waals surface area contributed by atoms with Crippen LogP contribution in [-0.2, 0) is 13.0 Å². The van der Waals surface area contributed by atoms with E-state index in [-0.39, 0.29) is 11.8 Å². The highest BCUT2D eigenvalue weighted by Crippen LogP contribution is 2.27. The van der Waals surface area contributed by atoms with Crippen LogP contribution >= 0.6 is 0 Å². The summed E-state index contributed by atoms with van der Waals surface area (Å²) in [6.45, 7) is 3.53. The average molecular weight is 406 g/mol. The number of Topliss-reactive ketones (excluding diaryl/α,β-unsaturated/α-hetero) is 1. The predicted molar refractivity (Wildman–Crippen MR) is 114 cm³/mol. The maximum Gasteiger partial charge on any atom is 0.185 e. The van der Waals surface area contributed by atoms with Crippen molar-refractivity contribution in [3.8, 4) is 11.4 Å². The first kappa shape index (κ1) is 20.0. The summed E-state index contributed by atoms with van der Waals surface area (Å²) in [6, 6.07) is 7.17. The second-order valence-corrected chi connectivity index (χ2v) is 7.41. The van der Waals surface area contributed by atoms with Crippen LogP contribution in [0.15, 0.2) is 42.9 Å². The van der Waals surface area contributed by atoms with E-state index < -0.39 is 0 Å². The third kappa shape index (κ3) is 3.91. The molecule has 1 atom stereocenters. The molecule has 0 spiro atoms. The van der Waals surface area contributed by atoms with Crippen LogP contribution in [0.1, 0.15) is 41.5 Å².